The van der Waals surface area contributed by atoms with E-state index in [4.69, 9.17) is 0 Å². The molecule has 16 heavy (non-hydrogen) atoms. The highest BCUT2D eigenvalue weighted by atomic mass is 32.1. The largest absolute Gasteiger partial charge is 0.356 e. The van der Waals surface area contributed by atoms with Gasteiger partial charge in [-0.2, -0.15) is 12.6 Å². The Hall–Kier alpha value is -0.550. The van der Waals surface area contributed by atoms with Crippen molar-refractivity contribution in [3.8, 4) is 0 Å². The summed E-state index contributed by atoms with van der Waals surface area (Å²) in [6.07, 6.45) is 3.14. The maximum atomic E-state index is 11.1. The second-order valence-electron chi connectivity index (χ2n) is 3.77. The fourth-order valence-electron chi connectivity index (χ4n) is 1.44. The summed E-state index contributed by atoms with van der Waals surface area (Å²) in [5, 5.41) is 5.79. The van der Waals surface area contributed by atoms with Crippen LogP contribution in [0, 0.1) is 0 Å². The van der Waals surface area contributed by atoms with Crippen molar-refractivity contribution in [1.29, 1.82) is 0 Å². The summed E-state index contributed by atoms with van der Waals surface area (Å²) in [6.45, 7) is 2.27. The summed E-state index contributed by atoms with van der Waals surface area (Å²) in [7, 11) is 1.79. The predicted octanol–water partition coefficient (Wildman–Crippen LogP) is 0.770. The van der Waals surface area contributed by atoms with Gasteiger partial charge in [-0.1, -0.05) is 0 Å². The lowest BCUT2D eigenvalue weighted by molar-refractivity contribution is -0.121. The van der Waals surface area contributed by atoms with Crippen LogP contribution in [0.1, 0.15) is 32.6 Å². The third-order valence-corrected chi connectivity index (χ3v) is 2.64. The van der Waals surface area contributed by atoms with E-state index in [2.05, 4.69) is 23.3 Å². The van der Waals surface area contributed by atoms with E-state index in [-0.39, 0.29) is 17.7 Å². The molecule has 0 aromatic carbocycles. The standard InChI is InChI=1S/C11H22N2O2S/c1-9(14)10(12-2)5-3-4-7-13-11(15)6-8-16/h10,12,16H,3-8H2,1-2H3,(H,13,15). The van der Waals surface area contributed by atoms with Gasteiger partial charge in [0.2, 0.25) is 5.91 Å². The first-order valence-electron chi connectivity index (χ1n) is 5.67. The normalized spacial score (nSPS) is 12.2. The van der Waals surface area contributed by atoms with Crippen LogP contribution in [0.2, 0.25) is 0 Å². The van der Waals surface area contributed by atoms with Crippen LogP contribution in [0.15, 0.2) is 0 Å². The van der Waals surface area contributed by atoms with Gasteiger partial charge in [-0.15, -0.1) is 0 Å². The number of thiol groups is 1. The molecule has 0 bridgehead atoms. The molecule has 1 atom stereocenters. The zero-order chi connectivity index (χ0) is 12.4. The lowest BCUT2D eigenvalue weighted by Crippen LogP contribution is -2.32. The van der Waals surface area contributed by atoms with Crippen LogP contribution in [-0.4, -0.2) is 37.1 Å². The van der Waals surface area contributed by atoms with Crippen LogP contribution >= 0.6 is 12.6 Å². The molecule has 0 aliphatic rings. The zero-order valence-electron chi connectivity index (χ0n) is 10.1. The van der Waals surface area contributed by atoms with Crippen molar-refractivity contribution in [2.45, 2.75) is 38.6 Å². The molecule has 0 heterocycles. The number of ketones is 1. The van der Waals surface area contributed by atoms with Gasteiger partial charge in [0.05, 0.1) is 6.04 Å². The molecular formula is C11H22N2O2S. The van der Waals surface area contributed by atoms with Crippen molar-refractivity contribution in [3.63, 3.8) is 0 Å². The Bertz CT molecular complexity index is 222. The van der Waals surface area contributed by atoms with Gasteiger partial charge in [0, 0.05) is 13.0 Å². The second kappa shape index (κ2) is 9.66. The number of rotatable bonds is 9. The molecule has 4 nitrogen and oxygen atoms in total. The molecule has 1 unspecified atom stereocenters. The monoisotopic (exact) mass is 246 g/mol. The number of hydrogen-bond donors (Lipinski definition) is 3. The first kappa shape index (κ1) is 15.4. The van der Waals surface area contributed by atoms with Crippen molar-refractivity contribution in [3.05, 3.63) is 0 Å². The molecule has 0 spiro atoms. The number of unbranched alkanes of at least 4 members (excludes halogenated alkanes) is 1. The minimum absolute atomic E-state index is 0.0479. The third-order valence-electron chi connectivity index (χ3n) is 2.42. The van der Waals surface area contributed by atoms with Gasteiger partial charge in [0.1, 0.15) is 5.78 Å². The SMILES string of the molecule is CNC(CCCCNC(=O)CCS)C(C)=O. The highest BCUT2D eigenvalue weighted by Crippen LogP contribution is 2.01. The first-order chi connectivity index (χ1) is 7.61. The van der Waals surface area contributed by atoms with Crippen molar-refractivity contribution >= 4 is 24.3 Å². The van der Waals surface area contributed by atoms with Crippen LogP contribution in [-0.2, 0) is 9.59 Å². The molecular weight excluding hydrogens is 224 g/mol. The molecule has 0 saturated carbocycles. The smallest absolute Gasteiger partial charge is 0.220 e. The molecule has 0 saturated heterocycles. The van der Waals surface area contributed by atoms with Crippen molar-refractivity contribution < 1.29 is 9.59 Å². The first-order valence-corrected chi connectivity index (χ1v) is 6.30. The second-order valence-corrected chi connectivity index (χ2v) is 4.22. The van der Waals surface area contributed by atoms with Gasteiger partial charge in [-0.05, 0) is 39.0 Å². The van der Waals surface area contributed by atoms with Crippen LogP contribution in [0.5, 0.6) is 0 Å². The van der Waals surface area contributed by atoms with Crippen LogP contribution in [0.25, 0.3) is 0 Å². The summed E-state index contributed by atoms with van der Waals surface area (Å²) in [5.74, 6) is 0.797. The van der Waals surface area contributed by atoms with E-state index in [0.29, 0.717) is 18.7 Å². The average Bonchev–Trinajstić information content (AvgIpc) is 2.23. The van der Waals surface area contributed by atoms with E-state index >= 15 is 0 Å². The van der Waals surface area contributed by atoms with E-state index in [1.54, 1.807) is 14.0 Å². The maximum Gasteiger partial charge on any atom is 0.220 e. The highest BCUT2D eigenvalue weighted by Gasteiger charge is 2.10. The molecule has 5 heteroatoms. The van der Waals surface area contributed by atoms with Gasteiger partial charge in [-0.3, -0.25) is 9.59 Å². The number of hydrogen-bond acceptors (Lipinski definition) is 4. The highest BCUT2D eigenvalue weighted by molar-refractivity contribution is 7.80. The Morgan fingerprint density at radius 1 is 1.31 bits per heavy atom. The summed E-state index contributed by atoms with van der Waals surface area (Å²) >= 11 is 3.98. The average molecular weight is 246 g/mol. The molecule has 0 aromatic heterocycles. The summed E-state index contributed by atoms with van der Waals surface area (Å²) in [4.78, 5) is 22.2. The predicted molar refractivity (Wildman–Crippen MR) is 68.9 cm³/mol. The number of Topliss-reactive ketones (excluding diaryl/α,β-unsaturated/α-hetero) is 1. The minimum atomic E-state index is -0.0480. The number of carbonyl (C=O) groups excluding carboxylic acids is 2. The molecule has 0 aliphatic carbocycles. The van der Waals surface area contributed by atoms with Gasteiger partial charge in [0.25, 0.3) is 0 Å². The number of amides is 1. The Morgan fingerprint density at radius 3 is 2.50 bits per heavy atom. The molecule has 0 aromatic rings. The minimum Gasteiger partial charge on any atom is -0.356 e. The fraction of sp³-hybridized carbons (Fsp3) is 0.818. The van der Waals surface area contributed by atoms with Gasteiger partial charge >= 0.3 is 0 Å². The van der Waals surface area contributed by atoms with Gasteiger partial charge in [0.15, 0.2) is 0 Å². The van der Waals surface area contributed by atoms with E-state index in [0.717, 1.165) is 19.3 Å². The van der Waals surface area contributed by atoms with Crippen LogP contribution in [0.3, 0.4) is 0 Å². The van der Waals surface area contributed by atoms with Crippen molar-refractivity contribution in [2.24, 2.45) is 0 Å². The van der Waals surface area contributed by atoms with E-state index < -0.39 is 0 Å². The topological polar surface area (TPSA) is 58.2 Å². The molecule has 0 radical (unpaired) electrons. The quantitative estimate of drug-likeness (QED) is 0.416. The van der Waals surface area contributed by atoms with Crippen LogP contribution in [0.4, 0.5) is 0 Å². The summed E-state index contributed by atoms with van der Waals surface area (Å²) in [5.41, 5.74) is 0. The van der Waals surface area contributed by atoms with Gasteiger partial charge < -0.3 is 10.6 Å². The molecule has 0 fully saturated rings. The zero-order valence-corrected chi connectivity index (χ0v) is 11.0. The number of nitrogens with one attached hydrogen (secondary N) is 2. The lowest BCUT2D eigenvalue weighted by atomic mass is 10.1. The van der Waals surface area contributed by atoms with Crippen molar-refractivity contribution in [1.82, 2.24) is 10.6 Å². The van der Waals surface area contributed by atoms with Gasteiger partial charge in [-0.25, -0.2) is 0 Å². The maximum absolute atomic E-state index is 11.1. The van der Waals surface area contributed by atoms with Crippen molar-refractivity contribution in [2.75, 3.05) is 19.3 Å². The number of carbonyl (C=O) groups is 2. The third kappa shape index (κ3) is 7.70. The molecule has 0 aliphatic heterocycles. The number of likely N-dealkylation sites (N-methyl/N-ethyl adjacent to an activating group) is 1. The van der Waals surface area contributed by atoms with E-state index in [9.17, 15) is 9.59 Å². The fourth-order valence-corrected chi connectivity index (χ4v) is 1.65. The van der Waals surface area contributed by atoms with E-state index in [1.807, 2.05) is 0 Å². The molecule has 2 N–H and O–H groups in total. The van der Waals surface area contributed by atoms with Crippen LogP contribution < -0.4 is 10.6 Å². The molecule has 1 amide bonds. The lowest BCUT2D eigenvalue weighted by Gasteiger charge is -2.12. The molecule has 94 valence electrons. The summed E-state index contributed by atoms with van der Waals surface area (Å²) < 4.78 is 0. The molecule has 0 rings (SSSR count). The Morgan fingerprint density at radius 2 is 2.00 bits per heavy atom. The Balaban J connectivity index is 3.45. The summed E-state index contributed by atoms with van der Waals surface area (Å²) in [6, 6.07) is -0.0480. The Kier molecular flexibility index (Phi) is 9.33. The Labute approximate surface area is 103 Å². The van der Waals surface area contributed by atoms with E-state index in [1.165, 1.54) is 0 Å².